The first-order valence-electron chi connectivity index (χ1n) is 4.69. The molecule has 0 aromatic heterocycles. The van der Waals surface area contributed by atoms with Gasteiger partial charge in [0.15, 0.2) is 0 Å². The van der Waals surface area contributed by atoms with Crippen LogP contribution in [0.4, 0.5) is 0 Å². The highest BCUT2D eigenvalue weighted by Crippen LogP contribution is 2.22. The molecule has 0 saturated heterocycles. The van der Waals surface area contributed by atoms with E-state index in [1.165, 1.54) is 42.7 Å². The maximum absolute atomic E-state index is 4.10. The number of rotatable bonds is 0. The van der Waals surface area contributed by atoms with Crippen LogP contribution in [0.25, 0.3) is 0 Å². The summed E-state index contributed by atoms with van der Waals surface area (Å²) in [7, 11) is 2.16. The topological polar surface area (TPSA) is 3.24 Å². The molecular weight excluding hydrogens is 146 g/mol. The fourth-order valence-corrected chi connectivity index (χ4v) is 1.58. The maximum atomic E-state index is 4.10. The van der Waals surface area contributed by atoms with Crippen molar-refractivity contribution in [1.82, 2.24) is 4.90 Å². The molecule has 0 N–H and O–H groups in total. The van der Waals surface area contributed by atoms with Gasteiger partial charge in [-0.25, -0.2) is 0 Å². The number of hydrogen-bond donors (Lipinski definition) is 0. The van der Waals surface area contributed by atoms with Crippen LogP contribution in [-0.2, 0) is 0 Å². The molecular formula is C11H19N. The lowest BCUT2D eigenvalue weighted by molar-refractivity contribution is 0.393. The monoisotopic (exact) mass is 165 g/mol. The fourth-order valence-electron chi connectivity index (χ4n) is 1.58. The first-order valence-corrected chi connectivity index (χ1v) is 4.69. The van der Waals surface area contributed by atoms with Crippen molar-refractivity contribution in [3.8, 4) is 0 Å². The Morgan fingerprint density at radius 3 is 2.58 bits per heavy atom. The van der Waals surface area contributed by atoms with Crippen LogP contribution in [0.5, 0.6) is 0 Å². The summed E-state index contributed by atoms with van der Waals surface area (Å²) >= 11 is 0. The Labute approximate surface area is 75.8 Å². The molecule has 0 aromatic carbocycles. The molecule has 68 valence electrons. The lowest BCUT2D eigenvalue weighted by Crippen LogP contribution is -2.20. The summed E-state index contributed by atoms with van der Waals surface area (Å²) in [6.45, 7) is 9.65. The fraction of sp³-hybridized carbons (Fsp3) is 0.636. The molecule has 0 bridgehead atoms. The van der Waals surface area contributed by atoms with E-state index in [9.17, 15) is 0 Å². The third-order valence-electron chi connectivity index (χ3n) is 2.87. The molecule has 0 aromatic rings. The van der Waals surface area contributed by atoms with E-state index in [2.05, 4.69) is 32.4 Å². The number of allylic oxidation sites excluding steroid dienone is 3. The van der Waals surface area contributed by atoms with E-state index in [4.69, 9.17) is 0 Å². The van der Waals surface area contributed by atoms with Crippen molar-refractivity contribution in [2.45, 2.75) is 33.1 Å². The van der Waals surface area contributed by atoms with Crippen LogP contribution >= 0.6 is 0 Å². The summed E-state index contributed by atoms with van der Waals surface area (Å²) in [4.78, 5) is 2.33. The molecule has 1 nitrogen and oxygen atoms in total. The van der Waals surface area contributed by atoms with Gasteiger partial charge in [0.25, 0.3) is 0 Å². The second-order valence-corrected chi connectivity index (χ2v) is 3.69. The van der Waals surface area contributed by atoms with Crippen molar-refractivity contribution in [3.05, 3.63) is 23.4 Å². The summed E-state index contributed by atoms with van der Waals surface area (Å²) < 4.78 is 0. The van der Waals surface area contributed by atoms with Crippen molar-refractivity contribution in [2.24, 2.45) is 0 Å². The molecule has 0 atom stereocenters. The van der Waals surface area contributed by atoms with Crippen molar-refractivity contribution in [2.75, 3.05) is 13.6 Å². The van der Waals surface area contributed by atoms with Crippen molar-refractivity contribution < 1.29 is 0 Å². The first-order chi connectivity index (χ1) is 5.63. The second-order valence-electron chi connectivity index (χ2n) is 3.69. The molecule has 1 rings (SSSR count). The van der Waals surface area contributed by atoms with Crippen molar-refractivity contribution >= 4 is 0 Å². The lowest BCUT2D eigenvalue weighted by Gasteiger charge is -2.25. The quantitative estimate of drug-likeness (QED) is 0.533. The summed E-state index contributed by atoms with van der Waals surface area (Å²) in [5.41, 5.74) is 4.09. The van der Waals surface area contributed by atoms with Gasteiger partial charge < -0.3 is 4.90 Å². The average molecular weight is 165 g/mol. The first kappa shape index (κ1) is 9.37. The van der Waals surface area contributed by atoms with Gasteiger partial charge in [0.2, 0.25) is 0 Å². The van der Waals surface area contributed by atoms with E-state index >= 15 is 0 Å². The van der Waals surface area contributed by atoms with E-state index in [0.29, 0.717) is 0 Å². The molecule has 0 unspecified atom stereocenters. The third-order valence-corrected chi connectivity index (χ3v) is 2.87. The molecule has 0 fully saturated rings. The van der Waals surface area contributed by atoms with Crippen LogP contribution in [0, 0.1) is 0 Å². The Bertz CT molecular complexity index is 213. The van der Waals surface area contributed by atoms with Gasteiger partial charge in [-0.15, -0.1) is 0 Å². The van der Waals surface area contributed by atoms with Gasteiger partial charge in [0.1, 0.15) is 0 Å². The molecule has 0 spiro atoms. The average Bonchev–Trinajstić information content (AvgIpc) is 2.07. The van der Waals surface area contributed by atoms with Gasteiger partial charge >= 0.3 is 0 Å². The largest absolute Gasteiger partial charge is 0.378 e. The molecule has 1 heterocycles. The van der Waals surface area contributed by atoms with Crippen LogP contribution < -0.4 is 0 Å². The minimum atomic E-state index is 1.18. The maximum Gasteiger partial charge on any atom is 0.0171 e. The zero-order valence-electron chi connectivity index (χ0n) is 8.48. The predicted molar refractivity (Wildman–Crippen MR) is 54.0 cm³/mol. The Hall–Kier alpha value is -0.720. The Morgan fingerprint density at radius 1 is 1.25 bits per heavy atom. The molecule has 0 aliphatic carbocycles. The van der Waals surface area contributed by atoms with Gasteiger partial charge in [-0.2, -0.15) is 0 Å². The normalized spacial score (nSPS) is 26.9. The minimum Gasteiger partial charge on any atom is -0.378 e. The number of nitrogens with zero attached hydrogens (tertiary/aromatic N) is 1. The highest BCUT2D eigenvalue weighted by molar-refractivity contribution is 5.30. The van der Waals surface area contributed by atoms with Crippen LogP contribution in [-0.4, -0.2) is 18.5 Å². The summed E-state index contributed by atoms with van der Waals surface area (Å²) in [5, 5.41) is 0. The third kappa shape index (κ3) is 1.90. The minimum absolute atomic E-state index is 1.18. The van der Waals surface area contributed by atoms with Gasteiger partial charge in [0, 0.05) is 19.3 Å². The SMILES string of the molecule is C=C1CCCCN(C)/C(C)=C\1C. The molecule has 12 heavy (non-hydrogen) atoms. The van der Waals surface area contributed by atoms with E-state index in [0.717, 1.165) is 0 Å². The van der Waals surface area contributed by atoms with Crippen molar-refractivity contribution in [3.63, 3.8) is 0 Å². The van der Waals surface area contributed by atoms with Gasteiger partial charge in [-0.3, -0.25) is 0 Å². The van der Waals surface area contributed by atoms with E-state index < -0.39 is 0 Å². The van der Waals surface area contributed by atoms with Crippen LogP contribution in [0.1, 0.15) is 33.1 Å². The van der Waals surface area contributed by atoms with Crippen molar-refractivity contribution in [1.29, 1.82) is 0 Å². The lowest BCUT2D eigenvalue weighted by atomic mass is 9.99. The van der Waals surface area contributed by atoms with Crippen LogP contribution in [0.15, 0.2) is 23.4 Å². The van der Waals surface area contributed by atoms with Gasteiger partial charge in [0.05, 0.1) is 0 Å². The summed E-state index contributed by atoms with van der Waals surface area (Å²) in [6.07, 6.45) is 3.75. The Morgan fingerprint density at radius 2 is 1.92 bits per heavy atom. The van der Waals surface area contributed by atoms with E-state index in [1.807, 2.05) is 0 Å². The number of hydrogen-bond acceptors (Lipinski definition) is 1. The highest BCUT2D eigenvalue weighted by Gasteiger charge is 2.09. The van der Waals surface area contributed by atoms with Gasteiger partial charge in [-0.1, -0.05) is 12.2 Å². The Kier molecular flexibility index (Phi) is 2.96. The smallest absolute Gasteiger partial charge is 0.0171 e. The summed E-state index contributed by atoms with van der Waals surface area (Å²) in [5.74, 6) is 0. The molecule has 0 radical (unpaired) electrons. The zero-order valence-corrected chi connectivity index (χ0v) is 8.48. The molecule has 0 saturated carbocycles. The van der Waals surface area contributed by atoms with Crippen LogP contribution in [0.2, 0.25) is 0 Å². The van der Waals surface area contributed by atoms with Gasteiger partial charge in [-0.05, 0) is 38.7 Å². The molecule has 0 amide bonds. The van der Waals surface area contributed by atoms with Crippen LogP contribution in [0.3, 0.4) is 0 Å². The van der Waals surface area contributed by atoms with E-state index in [-0.39, 0.29) is 0 Å². The predicted octanol–water partition coefficient (Wildman–Crippen LogP) is 2.95. The standard InChI is InChI=1S/C11H19N/c1-9-7-5-6-8-12(4)11(3)10(9)2/h1,5-8H2,2-4H3/b11-10-. The Balaban J connectivity index is 2.87. The van der Waals surface area contributed by atoms with E-state index in [1.54, 1.807) is 0 Å². The highest BCUT2D eigenvalue weighted by atomic mass is 15.1. The molecule has 1 aliphatic rings. The summed E-state index contributed by atoms with van der Waals surface area (Å²) in [6, 6.07) is 0. The molecule has 1 aliphatic heterocycles. The zero-order chi connectivity index (χ0) is 9.14. The second kappa shape index (κ2) is 3.79. The molecule has 1 heteroatoms.